The van der Waals surface area contributed by atoms with Crippen molar-refractivity contribution >= 4 is 29.3 Å². The molecule has 2 saturated heterocycles. The maximum Gasteiger partial charge on any atom is 0.323 e. The molecule has 10 nitrogen and oxygen atoms in total. The number of amides is 3. The molecule has 5 rings (SSSR count). The predicted octanol–water partition coefficient (Wildman–Crippen LogP) is 2.48. The first-order valence-corrected chi connectivity index (χ1v) is 12.1. The summed E-state index contributed by atoms with van der Waals surface area (Å²) >= 11 is 0. The van der Waals surface area contributed by atoms with Gasteiger partial charge in [-0.15, -0.1) is 0 Å². The molecule has 3 aliphatic rings. The number of rotatable bonds is 4. The number of ether oxygens (including phenoxy) is 1. The number of fused-ring (bicyclic) bond motifs is 1. The van der Waals surface area contributed by atoms with Gasteiger partial charge in [0.2, 0.25) is 5.91 Å². The number of urea groups is 1. The van der Waals surface area contributed by atoms with E-state index in [1.54, 1.807) is 22.7 Å². The number of benzene rings is 1. The van der Waals surface area contributed by atoms with Gasteiger partial charge in [0.1, 0.15) is 6.04 Å². The number of anilines is 2. The molecular formula is C24H27F3N6O4. The van der Waals surface area contributed by atoms with Gasteiger partial charge in [0, 0.05) is 36.8 Å². The van der Waals surface area contributed by atoms with Crippen molar-refractivity contribution < 1.29 is 32.3 Å². The van der Waals surface area contributed by atoms with Crippen LogP contribution >= 0.6 is 0 Å². The fourth-order valence-electron chi connectivity index (χ4n) is 5.47. The van der Waals surface area contributed by atoms with E-state index in [1.165, 1.54) is 12.0 Å². The zero-order valence-electron chi connectivity index (χ0n) is 20.4. The quantitative estimate of drug-likeness (QED) is 0.491. The summed E-state index contributed by atoms with van der Waals surface area (Å²) in [6.07, 6.45) is 3.37. The molecule has 0 spiro atoms. The number of carbonyl (C=O) groups excluding carboxylic acids is 3. The van der Waals surface area contributed by atoms with Gasteiger partial charge in [-0.3, -0.25) is 19.2 Å². The van der Waals surface area contributed by atoms with E-state index in [-0.39, 0.29) is 48.7 Å². The number of nitrogens with one attached hydrogen (secondary N) is 1. The summed E-state index contributed by atoms with van der Waals surface area (Å²) in [5.74, 6) is -4.84. The predicted molar refractivity (Wildman–Crippen MR) is 125 cm³/mol. The third-order valence-electron chi connectivity index (χ3n) is 7.34. The van der Waals surface area contributed by atoms with Crippen molar-refractivity contribution in [3.05, 3.63) is 41.5 Å². The average Bonchev–Trinajstić information content (AvgIpc) is 3.59. The van der Waals surface area contributed by atoms with Crippen LogP contribution in [0.4, 0.5) is 29.3 Å². The molecule has 0 bridgehead atoms. The summed E-state index contributed by atoms with van der Waals surface area (Å²) in [5, 5.41) is 6.83. The first-order valence-electron chi connectivity index (χ1n) is 12.1. The van der Waals surface area contributed by atoms with Crippen molar-refractivity contribution in [2.24, 2.45) is 0 Å². The van der Waals surface area contributed by atoms with Gasteiger partial charge in [-0.2, -0.15) is 5.10 Å². The molecule has 1 unspecified atom stereocenters. The lowest BCUT2D eigenvalue weighted by Crippen LogP contribution is -2.47. The lowest BCUT2D eigenvalue weighted by Gasteiger charge is -2.35. The van der Waals surface area contributed by atoms with E-state index in [4.69, 9.17) is 4.74 Å². The Kier molecular flexibility index (Phi) is 6.56. The van der Waals surface area contributed by atoms with Crippen molar-refractivity contribution in [1.29, 1.82) is 0 Å². The second kappa shape index (κ2) is 9.69. The number of hydrogen-bond donors (Lipinski definition) is 1. The molecular weight excluding hydrogens is 493 g/mol. The Morgan fingerprint density at radius 3 is 2.59 bits per heavy atom. The van der Waals surface area contributed by atoms with Crippen LogP contribution in [0, 0.1) is 17.5 Å². The van der Waals surface area contributed by atoms with E-state index in [0.29, 0.717) is 49.6 Å². The first-order chi connectivity index (χ1) is 17.7. The van der Waals surface area contributed by atoms with Crippen molar-refractivity contribution in [2.75, 3.05) is 30.4 Å². The van der Waals surface area contributed by atoms with E-state index in [1.807, 2.05) is 4.90 Å². The van der Waals surface area contributed by atoms with Crippen LogP contribution in [0.1, 0.15) is 31.9 Å². The molecule has 3 atom stereocenters. The van der Waals surface area contributed by atoms with Crippen molar-refractivity contribution in [3.63, 3.8) is 0 Å². The highest BCUT2D eigenvalue weighted by Gasteiger charge is 2.43. The SMILES string of the molecule is COC(=O)[C@@H]1CCCN1C1CC(=O)N(c2cnn3c2CN(C(=O)Nc2cc(F)c(F)c(F)c2)[C@@H](C)C3)C1. The Balaban J connectivity index is 1.33. The van der Waals surface area contributed by atoms with Gasteiger partial charge in [-0.05, 0) is 26.3 Å². The largest absolute Gasteiger partial charge is 0.468 e. The Labute approximate surface area is 210 Å². The van der Waals surface area contributed by atoms with Gasteiger partial charge in [0.25, 0.3) is 0 Å². The number of methoxy groups -OCH3 is 1. The fraction of sp³-hybridized carbons (Fsp3) is 0.500. The molecule has 198 valence electrons. The number of nitrogens with zero attached hydrogens (tertiary/aromatic N) is 5. The van der Waals surface area contributed by atoms with Gasteiger partial charge >= 0.3 is 12.0 Å². The molecule has 1 aromatic heterocycles. The lowest BCUT2D eigenvalue weighted by molar-refractivity contribution is -0.146. The van der Waals surface area contributed by atoms with E-state index in [2.05, 4.69) is 10.4 Å². The van der Waals surface area contributed by atoms with Crippen LogP contribution in [0.3, 0.4) is 0 Å². The maximum absolute atomic E-state index is 13.6. The highest BCUT2D eigenvalue weighted by Crippen LogP contribution is 2.33. The van der Waals surface area contributed by atoms with Crippen LogP contribution in [0.15, 0.2) is 18.3 Å². The Morgan fingerprint density at radius 2 is 1.89 bits per heavy atom. The van der Waals surface area contributed by atoms with Gasteiger partial charge < -0.3 is 19.9 Å². The van der Waals surface area contributed by atoms with E-state index in [9.17, 15) is 27.6 Å². The smallest absolute Gasteiger partial charge is 0.323 e. The highest BCUT2D eigenvalue weighted by atomic mass is 19.2. The fourth-order valence-corrected chi connectivity index (χ4v) is 5.47. The minimum absolute atomic E-state index is 0.0947. The van der Waals surface area contributed by atoms with E-state index in [0.717, 1.165) is 6.42 Å². The van der Waals surface area contributed by atoms with Gasteiger partial charge in [0.15, 0.2) is 17.5 Å². The average molecular weight is 521 g/mol. The Bertz CT molecular complexity index is 1230. The molecule has 13 heteroatoms. The molecule has 1 N–H and O–H groups in total. The number of likely N-dealkylation sites (tertiary alicyclic amines) is 1. The van der Waals surface area contributed by atoms with Crippen molar-refractivity contribution in [2.45, 2.75) is 57.4 Å². The Hall–Kier alpha value is -3.61. The zero-order valence-corrected chi connectivity index (χ0v) is 20.4. The number of hydrogen-bond acceptors (Lipinski definition) is 6. The van der Waals surface area contributed by atoms with Crippen molar-refractivity contribution in [1.82, 2.24) is 19.6 Å². The van der Waals surface area contributed by atoms with E-state index >= 15 is 0 Å². The van der Waals surface area contributed by atoms with Gasteiger partial charge in [-0.1, -0.05) is 0 Å². The van der Waals surface area contributed by atoms with Crippen LogP contribution in [-0.2, 0) is 27.4 Å². The topological polar surface area (TPSA) is 100 Å². The molecule has 1 aromatic carbocycles. The number of halogens is 3. The lowest BCUT2D eigenvalue weighted by atomic mass is 10.1. The third-order valence-corrected chi connectivity index (χ3v) is 7.34. The minimum atomic E-state index is -1.61. The van der Waals surface area contributed by atoms with Crippen LogP contribution in [0.5, 0.6) is 0 Å². The van der Waals surface area contributed by atoms with Crippen LogP contribution in [0.2, 0.25) is 0 Å². The maximum atomic E-state index is 13.6. The first kappa shape index (κ1) is 25.1. The molecule has 2 aromatic rings. The molecule has 2 fully saturated rings. The minimum Gasteiger partial charge on any atom is -0.468 e. The molecule has 3 aliphatic heterocycles. The summed E-state index contributed by atoms with van der Waals surface area (Å²) in [6.45, 7) is 3.32. The van der Waals surface area contributed by atoms with Gasteiger partial charge in [-0.25, -0.2) is 18.0 Å². The van der Waals surface area contributed by atoms with E-state index < -0.39 is 23.5 Å². The monoisotopic (exact) mass is 520 g/mol. The van der Waals surface area contributed by atoms with Crippen LogP contribution < -0.4 is 10.2 Å². The van der Waals surface area contributed by atoms with Crippen LogP contribution in [0.25, 0.3) is 0 Å². The standard InChI is InChI=1S/C24H27F3N6O4/c1-13-10-33-20(12-31(13)24(36)29-14-6-16(25)22(27)17(26)7-14)19(9-28-33)32-11-15(8-21(32)34)30-5-3-4-18(30)23(35)37-2/h6-7,9,13,15,18H,3-5,8,10-12H2,1-2H3,(H,29,36)/t13-,15?,18-/m0/s1. The summed E-state index contributed by atoms with van der Waals surface area (Å²) in [7, 11) is 1.36. The summed E-state index contributed by atoms with van der Waals surface area (Å²) in [5.41, 5.74) is 1.01. The number of esters is 1. The van der Waals surface area contributed by atoms with Gasteiger partial charge in [0.05, 0.1) is 43.8 Å². The second-order valence-corrected chi connectivity index (χ2v) is 9.60. The molecule has 3 amide bonds. The molecule has 0 aliphatic carbocycles. The summed E-state index contributed by atoms with van der Waals surface area (Å²) in [6, 6.07) is -0.0414. The summed E-state index contributed by atoms with van der Waals surface area (Å²) < 4.78 is 47.2. The third kappa shape index (κ3) is 4.52. The molecule has 0 saturated carbocycles. The molecule has 37 heavy (non-hydrogen) atoms. The number of aromatic nitrogens is 2. The normalized spacial score (nSPS) is 23.9. The highest BCUT2D eigenvalue weighted by molar-refractivity contribution is 5.97. The summed E-state index contributed by atoms with van der Waals surface area (Å²) in [4.78, 5) is 43.3. The zero-order chi connectivity index (χ0) is 26.4. The second-order valence-electron chi connectivity index (χ2n) is 9.60. The molecule has 4 heterocycles. The van der Waals surface area contributed by atoms with Crippen molar-refractivity contribution in [3.8, 4) is 0 Å². The molecule has 0 radical (unpaired) electrons. The van der Waals surface area contributed by atoms with Crippen LogP contribution in [-0.4, -0.2) is 75.8 Å². The number of carbonyl (C=O) groups is 3. The Morgan fingerprint density at radius 1 is 1.16 bits per heavy atom.